The highest BCUT2D eigenvalue weighted by Crippen LogP contribution is 2.46. The number of hydrogen-bond acceptors (Lipinski definition) is 9. The molecule has 0 spiro atoms. The largest absolute Gasteiger partial charge is 0.456 e. The van der Waals surface area contributed by atoms with Gasteiger partial charge in [0.05, 0.1) is 49.7 Å². The number of H-pyrrole nitrogens is 2. The highest BCUT2D eigenvalue weighted by molar-refractivity contribution is 6.07. The van der Waals surface area contributed by atoms with Gasteiger partial charge in [0, 0.05) is 29.4 Å². The van der Waals surface area contributed by atoms with Crippen LogP contribution >= 0.6 is 0 Å². The Morgan fingerprint density at radius 2 is 1.58 bits per heavy atom. The van der Waals surface area contributed by atoms with Crippen LogP contribution in [0.2, 0.25) is 0 Å². The summed E-state index contributed by atoms with van der Waals surface area (Å²) in [7, 11) is 2.54. The Hall–Kier alpha value is -6.38. The second-order valence-corrected chi connectivity index (χ2v) is 15.4. The quantitative estimate of drug-likeness (QED) is 0.105. The fraction of sp³-hybridized carbons (Fsp3) is 0.381. The van der Waals surface area contributed by atoms with Crippen molar-refractivity contribution >= 4 is 57.0 Å². The van der Waals surface area contributed by atoms with E-state index in [1.165, 1.54) is 14.2 Å². The predicted molar refractivity (Wildman–Crippen MR) is 213 cm³/mol. The number of aromatic amines is 2. The van der Waals surface area contributed by atoms with Gasteiger partial charge in [-0.2, -0.15) is 0 Å². The maximum Gasteiger partial charge on any atom is 0.407 e. The first kappa shape index (κ1) is 37.5. The van der Waals surface area contributed by atoms with Crippen molar-refractivity contribution < 1.29 is 33.1 Å². The second kappa shape index (κ2) is 15.3. The minimum Gasteiger partial charge on any atom is -0.456 e. The first-order valence-corrected chi connectivity index (χ1v) is 19.3. The van der Waals surface area contributed by atoms with E-state index in [1.54, 1.807) is 16.0 Å². The van der Waals surface area contributed by atoms with E-state index in [1.807, 2.05) is 36.4 Å². The Bertz CT molecular complexity index is 2500. The van der Waals surface area contributed by atoms with Gasteiger partial charge in [-0.05, 0) is 78.1 Å². The van der Waals surface area contributed by atoms with Crippen molar-refractivity contribution in [1.82, 2.24) is 40.4 Å². The van der Waals surface area contributed by atoms with Crippen molar-refractivity contribution in [3.05, 3.63) is 72.4 Å². The van der Waals surface area contributed by atoms with Crippen LogP contribution < -0.4 is 10.6 Å². The lowest BCUT2D eigenvalue weighted by molar-refractivity contribution is -0.132. The number of likely N-dealkylation sites (tertiary alicyclic amines) is 1. The molecule has 6 aromatic rings. The Kier molecular flexibility index (Phi) is 10.1. The number of benzene rings is 3. The zero-order valence-corrected chi connectivity index (χ0v) is 32.4. The van der Waals surface area contributed by atoms with Crippen LogP contribution in [0.25, 0.3) is 55.4 Å². The Morgan fingerprint density at radius 3 is 2.28 bits per heavy atom. The van der Waals surface area contributed by atoms with Gasteiger partial charge >= 0.3 is 12.2 Å². The third-order valence-corrected chi connectivity index (χ3v) is 11.4. The highest BCUT2D eigenvalue weighted by Gasteiger charge is 2.40. The number of alkyl carbamates (subject to hydrolysis) is 2. The molecule has 0 radical (unpaired) electrons. The lowest BCUT2D eigenvalue weighted by atomic mass is 9.97. The number of hydrogen-bond donors (Lipinski definition) is 4. The third kappa shape index (κ3) is 7.73. The van der Waals surface area contributed by atoms with E-state index in [0.717, 1.165) is 86.9 Å². The van der Waals surface area contributed by atoms with Crippen molar-refractivity contribution in [2.24, 2.45) is 11.3 Å². The summed E-state index contributed by atoms with van der Waals surface area (Å²) < 4.78 is 15.7. The van der Waals surface area contributed by atoms with E-state index in [4.69, 9.17) is 9.40 Å². The van der Waals surface area contributed by atoms with Gasteiger partial charge in [0.1, 0.15) is 35.9 Å². The lowest BCUT2D eigenvalue weighted by Crippen LogP contribution is -2.42. The summed E-state index contributed by atoms with van der Waals surface area (Å²) in [5.41, 5.74) is 6.90. The summed E-state index contributed by atoms with van der Waals surface area (Å²) in [6.07, 6.45) is 4.32. The average Bonchev–Trinajstić information content (AvgIpc) is 3.71. The molecule has 2 aliphatic rings. The zero-order valence-electron chi connectivity index (χ0n) is 32.4. The van der Waals surface area contributed by atoms with Crippen LogP contribution in [0.3, 0.4) is 0 Å². The van der Waals surface area contributed by atoms with Gasteiger partial charge in [-0.25, -0.2) is 19.6 Å². The molecular weight excluding hydrogens is 729 g/mol. The molecule has 2 fully saturated rings. The first-order chi connectivity index (χ1) is 27.5. The number of methoxy groups -OCH3 is 2. The van der Waals surface area contributed by atoms with Gasteiger partial charge in [-0.3, -0.25) is 9.59 Å². The molecule has 4 heterocycles. The fourth-order valence-corrected chi connectivity index (χ4v) is 7.90. The summed E-state index contributed by atoms with van der Waals surface area (Å²) in [6, 6.07) is 18.1. The number of aromatic nitrogens is 4. The summed E-state index contributed by atoms with van der Waals surface area (Å²) in [4.78, 5) is 69.3. The molecule has 296 valence electrons. The molecule has 1 aliphatic heterocycles. The van der Waals surface area contributed by atoms with Crippen molar-refractivity contribution in [3.8, 4) is 22.4 Å². The van der Waals surface area contributed by atoms with Gasteiger partial charge in [0.25, 0.3) is 0 Å². The zero-order chi connectivity index (χ0) is 39.8. The molecule has 3 aromatic heterocycles. The molecule has 8 rings (SSSR count). The number of nitrogens with zero attached hydrogens (tertiary/aromatic N) is 4. The number of fused-ring (bicyclic) bond motifs is 4. The first-order valence-electron chi connectivity index (χ1n) is 19.3. The lowest BCUT2D eigenvalue weighted by Gasteiger charge is -2.26. The van der Waals surface area contributed by atoms with Crippen molar-refractivity contribution in [1.29, 1.82) is 0 Å². The monoisotopic (exact) mass is 774 g/mol. The minimum absolute atomic E-state index is 0.0735. The van der Waals surface area contributed by atoms with E-state index in [0.29, 0.717) is 18.9 Å². The number of nitrogens with one attached hydrogen (secondary N) is 4. The molecule has 1 aliphatic carbocycles. The molecule has 1 unspecified atom stereocenters. The molecule has 1 saturated carbocycles. The average molecular weight is 775 g/mol. The van der Waals surface area contributed by atoms with Crippen LogP contribution in [0.1, 0.15) is 57.2 Å². The van der Waals surface area contributed by atoms with E-state index in [2.05, 4.69) is 67.1 Å². The number of carbonyl (C=O) groups is 4. The van der Waals surface area contributed by atoms with E-state index < -0.39 is 12.2 Å². The van der Waals surface area contributed by atoms with Crippen LogP contribution in [0.4, 0.5) is 9.59 Å². The topological polar surface area (TPSA) is 188 Å². The Labute approximate surface area is 328 Å². The predicted octanol–water partition coefficient (Wildman–Crippen LogP) is 6.66. The maximum atomic E-state index is 13.1. The van der Waals surface area contributed by atoms with E-state index in [9.17, 15) is 19.2 Å². The molecular formula is C42H46N8O7. The van der Waals surface area contributed by atoms with Crippen LogP contribution in [0.5, 0.6) is 0 Å². The number of imidazole rings is 2. The SMILES string of the molecule is CC[C@@H]1CCN(C(=O)CNC(=O)OC)C1c1nc2ccc(-c3ccc4c(c3)oc3cc(-c5cnc(CN(CC6(C)CC6)C(=O)CNC(=O)OC)[nH]5)ccc34)cc2[nH]1. The molecule has 4 N–H and O–H groups in total. The summed E-state index contributed by atoms with van der Waals surface area (Å²) >= 11 is 0. The van der Waals surface area contributed by atoms with Crippen LogP contribution in [-0.4, -0.2) is 94.1 Å². The Balaban J connectivity index is 1.00. The van der Waals surface area contributed by atoms with E-state index in [-0.39, 0.29) is 48.8 Å². The van der Waals surface area contributed by atoms with Crippen molar-refractivity contribution in [2.45, 2.75) is 52.1 Å². The van der Waals surface area contributed by atoms with Crippen LogP contribution in [-0.2, 0) is 25.6 Å². The van der Waals surface area contributed by atoms with Gasteiger partial charge in [0.15, 0.2) is 0 Å². The van der Waals surface area contributed by atoms with Crippen molar-refractivity contribution in [2.75, 3.05) is 40.4 Å². The molecule has 0 bridgehead atoms. The normalized spacial score (nSPS) is 17.2. The number of amides is 4. The number of furan rings is 1. The molecule has 1 saturated heterocycles. The molecule has 15 nitrogen and oxygen atoms in total. The van der Waals surface area contributed by atoms with E-state index >= 15 is 0 Å². The van der Waals surface area contributed by atoms with Gasteiger partial charge in [-0.15, -0.1) is 0 Å². The molecule has 2 atom stereocenters. The molecule has 4 amide bonds. The molecule has 3 aromatic carbocycles. The number of carbonyl (C=O) groups excluding carboxylic acids is 4. The highest BCUT2D eigenvalue weighted by atomic mass is 16.5. The van der Waals surface area contributed by atoms with Crippen LogP contribution in [0, 0.1) is 11.3 Å². The Morgan fingerprint density at radius 1 is 0.912 bits per heavy atom. The summed E-state index contributed by atoms with van der Waals surface area (Å²) in [5.74, 6) is 1.23. The van der Waals surface area contributed by atoms with Crippen LogP contribution in [0.15, 0.2) is 65.2 Å². The maximum absolute atomic E-state index is 13.1. The second-order valence-electron chi connectivity index (χ2n) is 15.4. The standard InChI is InChI=1S/C42H46N8O7/c1-5-24-12-15-50(37(52)21-45-41(54)56-4)38(24)39-47-30-11-8-25(16-31(30)48-39)26-6-9-28-29-10-7-27(18-34(29)57-33(28)17-26)32-19-43-35(46-32)22-49(23-42(2)13-14-42)36(51)20-44-40(53)55-3/h6-11,16-19,24,38H,5,12-15,20-23H2,1-4H3,(H,43,46)(H,44,53)(H,45,54)(H,47,48)/t24-,38?/m1/s1. The summed E-state index contributed by atoms with van der Waals surface area (Å²) in [6.45, 7) is 5.44. The number of rotatable bonds is 12. The summed E-state index contributed by atoms with van der Waals surface area (Å²) in [5, 5.41) is 6.98. The van der Waals surface area contributed by atoms with Gasteiger partial charge < -0.3 is 44.3 Å². The van der Waals surface area contributed by atoms with Crippen molar-refractivity contribution in [3.63, 3.8) is 0 Å². The number of ether oxygens (including phenoxy) is 2. The fourth-order valence-electron chi connectivity index (χ4n) is 7.90. The molecule has 15 heteroatoms. The third-order valence-electron chi connectivity index (χ3n) is 11.4. The van der Waals surface area contributed by atoms with Gasteiger partial charge in [-0.1, -0.05) is 38.5 Å². The van der Waals surface area contributed by atoms with Gasteiger partial charge in [0.2, 0.25) is 11.8 Å². The molecule has 57 heavy (non-hydrogen) atoms. The minimum atomic E-state index is -0.648. The smallest absolute Gasteiger partial charge is 0.407 e.